The number of carbonyl (C=O) groups is 2. The van der Waals surface area contributed by atoms with Crippen LogP contribution >= 0.6 is 0 Å². The van der Waals surface area contributed by atoms with Crippen molar-refractivity contribution in [1.82, 2.24) is 9.78 Å². The Balaban J connectivity index is 2.73. The molecule has 2 aromatic rings. The van der Waals surface area contributed by atoms with Crippen molar-refractivity contribution in [2.45, 2.75) is 0 Å². The predicted molar refractivity (Wildman–Crippen MR) is 60.9 cm³/mol. The summed E-state index contributed by atoms with van der Waals surface area (Å²) in [4.78, 5) is 22.0. The SMILES string of the molecule is Cn1ncc(-c2cc(F)ccc2C(=O)O)c1C=O. The summed E-state index contributed by atoms with van der Waals surface area (Å²) in [7, 11) is 1.55. The lowest BCUT2D eigenvalue weighted by Gasteiger charge is -2.05. The number of benzene rings is 1. The Morgan fingerprint density at radius 1 is 1.44 bits per heavy atom. The van der Waals surface area contributed by atoms with E-state index in [1.807, 2.05) is 0 Å². The van der Waals surface area contributed by atoms with E-state index in [4.69, 9.17) is 5.11 Å². The van der Waals surface area contributed by atoms with Gasteiger partial charge < -0.3 is 5.11 Å². The van der Waals surface area contributed by atoms with E-state index in [1.165, 1.54) is 10.9 Å². The van der Waals surface area contributed by atoms with E-state index in [-0.39, 0.29) is 16.8 Å². The predicted octanol–water partition coefficient (Wildman–Crippen LogP) is 1.74. The Morgan fingerprint density at radius 2 is 2.17 bits per heavy atom. The highest BCUT2D eigenvalue weighted by Gasteiger charge is 2.17. The van der Waals surface area contributed by atoms with Crippen LogP contribution in [-0.4, -0.2) is 27.1 Å². The molecular weight excluding hydrogens is 239 g/mol. The third kappa shape index (κ3) is 1.88. The average Bonchev–Trinajstić information content (AvgIpc) is 2.69. The van der Waals surface area contributed by atoms with Gasteiger partial charge in [0.2, 0.25) is 0 Å². The molecular formula is C12H9FN2O3. The number of carbonyl (C=O) groups excluding carboxylic acids is 1. The Bertz CT molecular complexity index is 634. The van der Waals surface area contributed by atoms with Crippen molar-refractivity contribution < 1.29 is 19.1 Å². The number of hydrogen-bond donors (Lipinski definition) is 1. The minimum atomic E-state index is -1.19. The zero-order valence-corrected chi connectivity index (χ0v) is 9.42. The monoisotopic (exact) mass is 248 g/mol. The van der Waals surface area contributed by atoms with Crippen LogP contribution in [0.1, 0.15) is 20.8 Å². The lowest BCUT2D eigenvalue weighted by Crippen LogP contribution is -2.02. The summed E-state index contributed by atoms with van der Waals surface area (Å²) >= 11 is 0. The number of aryl methyl sites for hydroxylation is 1. The smallest absolute Gasteiger partial charge is 0.336 e. The van der Waals surface area contributed by atoms with Gasteiger partial charge in [-0.25, -0.2) is 9.18 Å². The van der Waals surface area contributed by atoms with E-state index >= 15 is 0 Å². The molecule has 1 heterocycles. The maximum absolute atomic E-state index is 13.2. The van der Waals surface area contributed by atoms with E-state index < -0.39 is 11.8 Å². The zero-order valence-electron chi connectivity index (χ0n) is 9.42. The van der Waals surface area contributed by atoms with Gasteiger partial charge in [0.05, 0.1) is 11.8 Å². The first kappa shape index (κ1) is 12.0. The van der Waals surface area contributed by atoms with Crippen LogP contribution in [0.3, 0.4) is 0 Å². The van der Waals surface area contributed by atoms with Gasteiger partial charge in [0.15, 0.2) is 6.29 Å². The second kappa shape index (κ2) is 4.40. The Kier molecular flexibility index (Phi) is 2.93. The van der Waals surface area contributed by atoms with Gasteiger partial charge in [-0.15, -0.1) is 0 Å². The summed E-state index contributed by atoms with van der Waals surface area (Å²) in [6, 6.07) is 3.30. The van der Waals surface area contributed by atoms with Crippen molar-refractivity contribution in [2.24, 2.45) is 7.05 Å². The lowest BCUT2D eigenvalue weighted by atomic mass is 10.00. The van der Waals surface area contributed by atoms with Crippen LogP contribution in [0.25, 0.3) is 11.1 Å². The fourth-order valence-electron chi connectivity index (χ4n) is 1.72. The van der Waals surface area contributed by atoms with Crippen LogP contribution in [-0.2, 0) is 7.05 Å². The highest BCUT2D eigenvalue weighted by molar-refractivity contribution is 5.98. The number of halogens is 1. The van der Waals surface area contributed by atoms with Gasteiger partial charge in [-0.3, -0.25) is 9.48 Å². The van der Waals surface area contributed by atoms with E-state index in [0.29, 0.717) is 11.8 Å². The van der Waals surface area contributed by atoms with E-state index in [1.54, 1.807) is 7.05 Å². The molecule has 0 unspecified atom stereocenters. The molecule has 0 atom stereocenters. The molecule has 5 nitrogen and oxygen atoms in total. The molecule has 6 heteroatoms. The third-order valence-electron chi connectivity index (χ3n) is 2.60. The van der Waals surface area contributed by atoms with Gasteiger partial charge >= 0.3 is 5.97 Å². The summed E-state index contributed by atoms with van der Waals surface area (Å²) < 4.78 is 14.5. The van der Waals surface area contributed by atoms with Crippen LogP contribution in [0.2, 0.25) is 0 Å². The molecule has 0 fully saturated rings. The van der Waals surface area contributed by atoms with Gasteiger partial charge in [-0.05, 0) is 18.2 Å². The molecule has 1 N–H and O–H groups in total. The third-order valence-corrected chi connectivity index (χ3v) is 2.60. The summed E-state index contributed by atoms with van der Waals surface area (Å²) in [5.74, 6) is -1.76. The van der Waals surface area contributed by atoms with Crippen LogP contribution < -0.4 is 0 Å². The molecule has 0 radical (unpaired) electrons. The number of hydrogen-bond acceptors (Lipinski definition) is 3. The fraction of sp³-hybridized carbons (Fsp3) is 0.0833. The number of carboxylic acid groups (broad SMARTS) is 1. The van der Waals surface area contributed by atoms with Gasteiger partial charge in [0.25, 0.3) is 0 Å². The van der Waals surface area contributed by atoms with Crippen LogP contribution in [0.4, 0.5) is 4.39 Å². The van der Waals surface area contributed by atoms with Crippen molar-refractivity contribution in [1.29, 1.82) is 0 Å². The van der Waals surface area contributed by atoms with E-state index in [2.05, 4.69) is 5.10 Å². The topological polar surface area (TPSA) is 72.2 Å². The molecule has 0 saturated heterocycles. The molecule has 1 aromatic carbocycles. The summed E-state index contributed by atoms with van der Waals surface area (Å²) in [6.07, 6.45) is 1.89. The first-order valence-corrected chi connectivity index (χ1v) is 5.05. The van der Waals surface area contributed by atoms with Gasteiger partial charge in [0, 0.05) is 18.2 Å². The normalized spacial score (nSPS) is 10.3. The average molecular weight is 248 g/mol. The maximum Gasteiger partial charge on any atom is 0.336 e. The number of aldehydes is 1. The fourth-order valence-corrected chi connectivity index (χ4v) is 1.72. The molecule has 0 amide bonds. The molecule has 0 aliphatic carbocycles. The zero-order chi connectivity index (χ0) is 13.3. The minimum Gasteiger partial charge on any atom is -0.478 e. The molecule has 18 heavy (non-hydrogen) atoms. The molecule has 1 aromatic heterocycles. The molecule has 0 spiro atoms. The highest BCUT2D eigenvalue weighted by Crippen LogP contribution is 2.27. The Hall–Kier alpha value is -2.50. The van der Waals surface area contributed by atoms with Crippen molar-refractivity contribution in [3.63, 3.8) is 0 Å². The number of rotatable bonds is 3. The second-order valence-corrected chi connectivity index (χ2v) is 3.68. The van der Waals surface area contributed by atoms with Crippen molar-refractivity contribution in [3.8, 4) is 11.1 Å². The Labute approximate surface area is 101 Å². The van der Waals surface area contributed by atoms with E-state index in [0.717, 1.165) is 18.2 Å². The standard InChI is InChI=1S/C12H9FN2O3/c1-15-11(6-16)10(5-14-15)9-4-7(13)2-3-8(9)12(17)18/h2-6H,1H3,(H,17,18). The van der Waals surface area contributed by atoms with Gasteiger partial charge in [-0.1, -0.05) is 0 Å². The molecule has 0 saturated carbocycles. The Morgan fingerprint density at radius 3 is 2.78 bits per heavy atom. The van der Waals surface area contributed by atoms with Crippen molar-refractivity contribution in [2.75, 3.05) is 0 Å². The number of nitrogens with zero attached hydrogens (tertiary/aromatic N) is 2. The number of carboxylic acids is 1. The minimum absolute atomic E-state index is 0.0764. The largest absolute Gasteiger partial charge is 0.478 e. The molecule has 0 bridgehead atoms. The first-order valence-electron chi connectivity index (χ1n) is 5.05. The summed E-state index contributed by atoms with van der Waals surface area (Å²) in [6.45, 7) is 0. The van der Waals surface area contributed by atoms with Crippen LogP contribution in [0.15, 0.2) is 24.4 Å². The van der Waals surface area contributed by atoms with E-state index in [9.17, 15) is 14.0 Å². The second-order valence-electron chi connectivity index (χ2n) is 3.68. The quantitative estimate of drug-likeness (QED) is 0.840. The first-order chi connectivity index (χ1) is 8.54. The molecule has 0 aliphatic rings. The molecule has 2 rings (SSSR count). The van der Waals surface area contributed by atoms with Crippen LogP contribution in [0.5, 0.6) is 0 Å². The lowest BCUT2D eigenvalue weighted by molar-refractivity contribution is 0.0697. The molecule has 0 aliphatic heterocycles. The number of aromatic carboxylic acids is 1. The van der Waals surface area contributed by atoms with Crippen molar-refractivity contribution >= 4 is 12.3 Å². The summed E-state index contributed by atoms with van der Waals surface area (Å²) in [5.41, 5.74) is 0.553. The highest BCUT2D eigenvalue weighted by atomic mass is 19.1. The maximum atomic E-state index is 13.2. The van der Waals surface area contributed by atoms with Crippen molar-refractivity contribution in [3.05, 3.63) is 41.5 Å². The van der Waals surface area contributed by atoms with Gasteiger partial charge in [0.1, 0.15) is 11.5 Å². The molecule has 92 valence electrons. The van der Waals surface area contributed by atoms with Gasteiger partial charge in [-0.2, -0.15) is 5.10 Å². The summed E-state index contributed by atoms with van der Waals surface area (Å²) in [5, 5.41) is 12.9. The number of aromatic nitrogens is 2. The van der Waals surface area contributed by atoms with Crippen LogP contribution in [0, 0.1) is 5.82 Å².